The molecule has 7 aromatic carbocycles. The van der Waals surface area contributed by atoms with E-state index in [0.29, 0.717) is 17.6 Å². The van der Waals surface area contributed by atoms with Crippen LogP contribution in [0.15, 0.2) is 158 Å². The zero-order valence-corrected chi connectivity index (χ0v) is 26.8. The van der Waals surface area contributed by atoms with Gasteiger partial charge in [-0.25, -0.2) is 4.98 Å². The highest BCUT2D eigenvalue weighted by Crippen LogP contribution is 2.64. The number of benzene rings is 7. The van der Waals surface area contributed by atoms with E-state index in [9.17, 15) is 0 Å². The molecule has 230 valence electrons. The molecule has 1 spiro atoms. The summed E-state index contributed by atoms with van der Waals surface area (Å²) in [5, 5.41) is 2.35. The molecule has 0 atom stereocenters. The number of fused-ring (bicyclic) bond motifs is 17. The van der Waals surface area contributed by atoms with Crippen LogP contribution in [0.4, 0.5) is 0 Å². The first-order valence-corrected chi connectivity index (χ1v) is 17.1. The summed E-state index contributed by atoms with van der Waals surface area (Å²) in [4.78, 5) is 15.9. The highest BCUT2D eigenvalue weighted by atomic mass is 15.2. The van der Waals surface area contributed by atoms with Gasteiger partial charge < -0.3 is 0 Å². The van der Waals surface area contributed by atoms with E-state index in [0.717, 1.165) is 27.7 Å². The van der Waals surface area contributed by atoms with E-state index >= 15 is 0 Å². The van der Waals surface area contributed by atoms with Gasteiger partial charge in [-0.2, -0.15) is 9.97 Å². The number of para-hydroxylation sites is 1. The predicted molar refractivity (Wildman–Crippen MR) is 200 cm³/mol. The van der Waals surface area contributed by atoms with Crippen LogP contribution in [0.2, 0.25) is 0 Å². The zero-order valence-electron chi connectivity index (χ0n) is 26.8. The second kappa shape index (κ2) is 9.28. The smallest absolute Gasteiger partial charge is 0.238 e. The molecule has 50 heavy (non-hydrogen) atoms. The molecule has 3 heterocycles. The van der Waals surface area contributed by atoms with Crippen LogP contribution in [-0.2, 0) is 5.41 Å². The lowest BCUT2D eigenvalue weighted by molar-refractivity contribution is 0.794. The van der Waals surface area contributed by atoms with Gasteiger partial charge >= 0.3 is 0 Å². The Bertz CT molecular complexity index is 2890. The second-order valence-corrected chi connectivity index (χ2v) is 13.6. The molecule has 6 bridgehead atoms. The largest absolute Gasteiger partial charge is 0.278 e. The average Bonchev–Trinajstić information content (AvgIpc) is 3.79. The van der Waals surface area contributed by atoms with E-state index in [1.807, 2.05) is 18.2 Å². The van der Waals surface area contributed by atoms with Crippen molar-refractivity contribution in [1.29, 1.82) is 0 Å². The fourth-order valence-electron chi connectivity index (χ4n) is 9.23. The van der Waals surface area contributed by atoms with Gasteiger partial charge in [0.1, 0.15) is 0 Å². The van der Waals surface area contributed by atoms with E-state index in [1.165, 1.54) is 60.8 Å². The second-order valence-electron chi connectivity index (χ2n) is 13.6. The standard InChI is InChI=1S/C46H26N4/c1-2-11-27(12-3-1)43-47-44-34-16-10-19-39-42(34)35-25-28(22-24-38(35)46(39)36-17-7-4-13-30(36)31-14-5-8-18-37(31)46)29-21-23-33-32-15-6-9-20-40(32)50(41(33)26-29)45(48-43)49-44/h1-26H. The molecule has 0 radical (unpaired) electrons. The Balaban J connectivity index is 1.28. The Morgan fingerprint density at radius 3 is 1.84 bits per heavy atom. The van der Waals surface area contributed by atoms with Crippen LogP contribution in [-0.4, -0.2) is 19.5 Å². The maximum atomic E-state index is 5.38. The van der Waals surface area contributed by atoms with Crippen molar-refractivity contribution in [3.8, 4) is 62.1 Å². The molecule has 4 nitrogen and oxygen atoms in total. The first kappa shape index (κ1) is 26.3. The minimum atomic E-state index is -0.462. The molecule has 2 aromatic heterocycles. The monoisotopic (exact) mass is 634 g/mol. The third-order valence-corrected chi connectivity index (χ3v) is 11.2. The van der Waals surface area contributed by atoms with Gasteiger partial charge in [0.2, 0.25) is 5.95 Å². The fourth-order valence-corrected chi connectivity index (χ4v) is 9.23. The van der Waals surface area contributed by atoms with Crippen LogP contribution < -0.4 is 0 Å². The number of nitrogens with zero attached hydrogens (tertiary/aromatic N) is 4. The van der Waals surface area contributed by atoms with Crippen LogP contribution in [0.3, 0.4) is 0 Å². The lowest BCUT2D eigenvalue weighted by Gasteiger charge is -2.30. The molecule has 0 saturated heterocycles. The van der Waals surface area contributed by atoms with Gasteiger partial charge in [0, 0.05) is 21.9 Å². The van der Waals surface area contributed by atoms with Gasteiger partial charge in [-0.3, -0.25) is 4.57 Å². The Labute approximate surface area is 288 Å². The van der Waals surface area contributed by atoms with Gasteiger partial charge in [0.15, 0.2) is 11.6 Å². The molecule has 0 amide bonds. The van der Waals surface area contributed by atoms with E-state index in [1.54, 1.807) is 0 Å². The Kier molecular flexibility index (Phi) is 4.88. The molecule has 12 rings (SSSR count). The van der Waals surface area contributed by atoms with Gasteiger partial charge in [-0.05, 0) is 73.8 Å². The van der Waals surface area contributed by atoms with Crippen LogP contribution in [0, 0.1) is 0 Å². The summed E-state index contributed by atoms with van der Waals surface area (Å²) < 4.78 is 2.22. The Morgan fingerprint density at radius 2 is 1.00 bits per heavy atom. The predicted octanol–water partition coefficient (Wildman–Crippen LogP) is 10.6. The zero-order chi connectivity index (χ0) is 32.6. The summed E-state index contributed by atoms with van der Waals surface area (Å²) in [6, 6.07) is 57.4. The van der Waals surface area contributed by atoms with Crippen molar-refractivity contribution in [1.82, 2.24) is 19.5 Å². The Hall–Kier alpha value is -6.65. The molecule has 0 N–H and O–H groups in total. The van der Waals surface area contributed by atoms with Crippen molar-refractivity contribution in [3.05, 3.63) is 180 Å². The van der Waals surface area contributed by atoms with Gasteiger partial charge in [0.25, 0.3) is 0 Å². The molecule has 9 aromatic rings. The first-order chi connectivity index (χ1) is 24.8. The van der Waals surface area contributed by atoms with Crippen LogP contribution in [0.1, 0.15) is 22.3 Å². The number of hydrogen-bond donors (Lipinski definition) is 0. The summed E-state index contributed by atoms with van der Waals surface area (Å²) in [5.74, 6) is 1.94. The summed E-state index contributed by atoms with van der Waals surface area (Å²) in [7, 11) is 0. The molecule has 0 fully saturated rings. The minimum absolute atomic E-state index is 0.462. The third-order valence-electron chi connectivity index (χ3n) is 11.2. The Morgan fingerprint density at radius 1 is 0.380 bits per heavy atom. The third kappa shape index (κ3) is 3.14. The van der Waals surface area contributed by atoms with Gasteiger partial charge in [0.05, 0.1) is 16.4 Å². The van der Waals surface area contributed by atoms with Crippen molar-refractivity contribution in [2.24, 2.45) is 0 Å². The van der Waals surface area contributed by atoms with Crippen LogP contribution in [0.25, 0.3) is 83.9 Å². The highest BCUT2D eigenvalue weighted by molar-refractivity contribution is 6.10. The van der Waals surface area contributed by atoms with Gasteiger partial charge in [-0.1, -0.05) is 140 Å². The normalized spacial score (nSPS) is 13.8. The van der Waals surface area contributed by atoms with Crippen molar-refractivity contribution < 1.29 is 0 Å². The van der Waals surface area contributed by atoms with E-state index in [4.69, 9.17) is 15.0 Å². The van der Waals surface area contributed by atoms with Crippen molar-refractivity contribution in [2.75, 3.05) is 0 Å². The lowest BCUT2D eigenvalue weighted by Crippen LogP contribution is -2.25. The maximum absolute atomic E-state index is 5.38. The van der Waals surface area contributed by atoms with Crippen LogP contribution in [0.5, 0.6) is 0 Å². The molecule has 2 aliphatic carbocycles. The molecule has 3 aliphatic rings. The number of hydrogen-bond acceptors (Lipinski definition) is 3. The van der Waals surface area contributed by atoms with Crippen molar-refractivity contribution in [3.63, 3.8) is 0 Å². The lowest BCUT2D eigenvalue weighted by atomic mass is 9.70. The summed E-state index contributed by atoms with van der Waals surface area (Å²) in [5.41, 5.74) is 16.2. The SMILES string of the molecule is c1ccc(-c2nc3nc(n2)-n2c4ccccc4c4ccc(cc42)-c2ccc4c(c2)-c2c-3cccc2C42c3ccccc3-c3ccccc32)cc1. The highest BCUT2D eigenvalue weighted by Gasteiger charge is 2.52. The summed E-state index contributed by atoms with van der Waals surface area (Å²) in [6.07, 6.45) is 0. The minimum Gasteiger partial charge on any atom is -0.278 e. The van der Waals surface area contributed by atoms with E-state index in [-0.39, 0.29) is 0 Å². The topological polar surface area (TPSA) is 43.6 Å². The average molecular weight is 635 g/mol. The molecular weight excluding hydrogens is 609 g/mol. The molecule has 0 unspecified atom stereocenters. The number of aromatic nitrogens is 4. The van der Waals surface area contributed by atoms with E-state index in [2.05, 4.69) is 144 Å². The van der Waals surface area contributed by atoms with Gasteiger partial charge in [-0.15, -0.1) is 0 Å². The maximum Gasteiger partial charge on any atom is 0.238 e. The number of rotatable bonds is 1. The fraction of sp³-hybridized carbons (Fsp3) is 0.0217. The molecule has 4 heteroatoms. The molecule has 1 aliphatic heterocycles. The first-order valence-electron chi connectivity index (χ1n) is 17.1. The molecular formula is C46H26N4. The van der Waals surface area contributed by atoms with Crippen molar-refractivity contribution in [2.45, 2.75) is 5.41 Å². The summed E-state index contributed by atoms with van der Waals surface area (Å²) >= 11 is 0. The van der Waals surface area contributed by atoms with E-state index < -0.39 is 5.41 Å². The molecule has 0 saturated carbocycles. The summed E-state index contributed by atoms with van der Waals surface area (Å²) in [6.45, 7) is 0. The van der Waals surface area contributed by atoms with Crippen molar-refractivity contribution >= 4 is 21.8 Å². The quantitative estimate of drug-likeness (QED) is 0.180. The van der Waals surface area contributed by atoms with Crippen LogP contribution >= 0.6 is 0 Å².